The molecule has 1 heterocycles. The maximum Gasteiger partial charge on any atom is 0.231 e. The number of hydrogen-bond acceptors (Lipinski definition) is 3. The molecule has 0 aliphatic heterocycles. The number of ether oxygens (including phenoxy) is 1. The third-order valence-electron chi connectivity index (χ3n) is 2.03. The van der Waals surface area contributed by atoms with Gasteiger partial charge in [-0.05, 0) is 35.7 Å². The molecule has 2 rings (SSSR count). The quantitative estimate of drug-likeness (QED) is 0.818. The molecule has 0 atom stereocenters. The Bertz CT molecular complexity index is 312. The number of aromatic nitrogens is 2. The lowest BCUT2D eigenvalue weighted by molar-refractivity contribution is 0.323. The number of halogens is 1. The molecule has 1 fully saturated rings. The predicted molar refractivity (Wildman–Crippen MR) is 52.9 cm³/mol. The van der Waals surface area contributed by atoms with Gasteiger partial charge >= 0.3 is 0 Å². The van der Waals surface area contributed by atoms with Gasteiger partial charge in [-0.15, -0.1) is 0 Å². The molecule has 1 aliphatic rings. The second-order valence-corrected chi connectivity index (χ2v) is 3.88. The van der Waals surface area contributed by atoms with Gasteiger partial charge in [0.15, 0.2) is 0 Å². The largest absolute Gasteiger partial charge is 0.477 e. The monoisotopic (exact) mass is 242 g/mol. The van der Waals surface area contributed by atoms with Crippen LogP contribution in [0.5, 0.6) is 5.88 Å². The third kappa shape index (κ3) is 1.82. The first kappa shape index (κ1) is 8.94. The van der Waals surface area contributed by atoms with Crippen LogP contribution in [0.25, 0.3) is 0 Å². The lowest BCUT2D eigenvalue weighted by atomic mass is 10.3. The molecule has 0 bridgehead atoms. The highest BCUT2D eigenvalue weighted by Gasteiger charge is 2.28. The molecule has 13 heavy (non-hydrogen) atoms. The van der Waals surface area contributed by atoms with Gasteiger partial charge in [-0.3, -0.25) is 0 Å². The molecule has 0 amide bonds. The van der Waals surface area contributed by atoms with Gasteiger partial charge in [0, 0.05) is 5.92 Å². The van der Waals surface area contributed by atoms with Crippen LogP contribution in [0.3, 0.4) is 0 Å². The summed E-state index contributed by atoms with van der Waals surface area (Å²) in [6, 6.07) is 0. The summed E-state index contributed by atoms with van der Waals surface area (Å²) in [5.41, 5.74) is 1.10. The van der Waals surface area contributed by atoms with Crippen molar-refractivity contribution in [1.29, 1.82) is 0 Å². The molecule has 1 saturated carbocycles. The van der Waals surface area contributed by atoms with E-state index in [1.165, 1.54) is 12.8 Å². The van der Waals surface area contributed by atoms with E-state index in [1.54, 1.807) is 6.33 Å². The van der Waals surface area contributed by atoms with E-state index >= 15 is 0 Å². The second-order valence-electron chi connectivity index (χ2n) is 3.09. The van der Waals surface area contributed by atoms with Crippen molar-refractivity contribution >= 4 is 15.9 Å². The fourth-order valence-corrected chi connectivity index (χ4v) is 1.89. The fraction of sp³-hybridized carbons (Fsp3) is 0.556. The van der Waals surface area contributed by atoms with Crippen LogP contribution < -0.4 is 4.74 Å². The summed E-state index contributed by atoms with van der Waals surface area (Å²) in [5, 5.41) is 0. The first-order chi connectivity index (χ1) is 6.33. The summed E-state index contributed by atoms with van der Waals surface area (Å²) >= 11 is 3.47. The van der Waals surface area contributed by atoms with Crippen molar-refractivity contribution < 1.29 is 4.74 Å². The Morgan fingerprint density at radius 3 is 2.92 bits per heavy atom. The second kappa shape index (κ2) is 3.62. The molecule has 4 heteroatoms. The van der Waals surface area contributed by atoms with E-state index in [1.807, 2.05) is 6.92 Å². The lowest BCUT2D eigenvalue weighted by Gasteiger charge is -2.06. The summed E-state index contributed by atoms with van der Waals surface area (Å²) in [6.07, 6.45) is 4.05. The zero-order chi connectivity index (χ0) is 9.26. The summed E-state index contributed by atoms with van der Waals surface area (Å²) in [4.78, 5) is 8.30. The molecule has 3 nitrogen and oxygen atoms in total. The van der Waals surface area contributed by atoms with Crippen molar-refractivity contribution in [2.45, 2.75) is 25.7 Å². The van der Waals surface area contributed by atoms with Crippen LogP contribution in [0.4, 0.5) is 0 Å². The zero-order valence-electron chi connectivity index (χ0n) is 7.46. The van der Waals surface area contributed by atoms with E-state index in [9.17, 15) is 0 Å². The minimum Gasteiger partial charge on any atom is -0.477 e. The van der Waals surface area contributed by atoms with E-state index < -0.39 is 0 Å². The minimum atomic E-state index is 0.622. The zero-order valence-corrected chi connectivity index (χ0v) is 9.04. The van der Waals surface area contributed by atoms with E-state index in [0.717, 1.165) is 10.2 Å². The summed E-state index contributed by atoms with van der Waals surface area (Å²) < 4.78 is 6.29. The van der Waals surface area contributed by atoms with Crippen LogP contribution in [0.2, 0.25) is 0 Å². The Balaban J connectivity index is 2.30. The molecule has 0 unspecified atom stereocenters. The molecule has 0 N–H and O–H groups in total. The Kier molecular flexibility index (Phi) is 2.49. The molecule has 1 aliphatic carbocycles. The number of rotatable bonds is 3. The van der Waals surface area contributed by atoms with Crippen molar-refractivity contribution in [1.82, 2.24) is 9.97 Å². The van der Waals surface area contributed by atoms with Gasteiger partial charge in [-0.25, -0.2) is 9.97 Å². The van der Waals surface area contributed by atoms with E-state index in [2.05, 4.69) is 25.9 Å². The fourth-order valence-electron chi connectivity index (χ4n) is 1.25. The number of nitrogens with zero attached hydrogens (tertiary/aromatic N) is 2. The lowest BCUT2D eigenvalue weighted by Crippen LogP contribution is -1.99. The molecule has 0 saturated heterocycles. The van der Waals surface area contributed by atoms with Crippen LogP contribution >= 0.6 is 15.9 Å². The molecule has 70 valence electrons. The van der Waals surface area contributed by atoms with E-state index in [4.69, 9.17) is 4.74 Å². The van der Waals surface area contributed by atoms with Crippen LogP contribution in [-0.4, -0.2) is 16.6 Å². The van der Waals surface area contributed by atoms with Gasteiger partial charge in [0.25, 0.3) is 0 Å². The van der Waals surface area contributed by atoms with Crippen LogP contribution in [0, 0.1) is 0 Å². The summed E-state index contributed by atoms with van der Waals surface area (Å²) in [5.74, 6) is 1.29. The maximum atomic E-state index is 5.36. The molecule has 1 aromatic heterocycles. The van der Waals surface area contributed by atoms with Crippen molar-refractivity contribution in [3.05, 3.63) is 16.5 Å². The maximum absolute atomic E-state index is 5.36. The van der Waals surface area contributed by atoms with Crippen LogP contribution in [-0.2, 0) is 0 Å². The van der Waals surface area contributed by atoms with Gasteiger partial charge in [-0.1, -0.05) is 0 Å². The van der Waals surface area contributed by atoms with Gasteiger partial charge in [0.05, 0.1) is 12.3 Å². The van der Waals surface area contributed by atoms with Crippen LogP contribution in [0.15, 0.2) is 10.8 Å². The van der Waals surface area contributed by atoms with Crippen molar-refractivity contribution in [3.8, 4) is 5.88 Å². The summed E-state index contributed by atoms with van der Waals surface area (Å²) in [6.45, 7) is 2.59. The highest BCUT2D eigenvalue weighted by atomic mass is 79.9. The molecule has 1 aromatic rings. The molecule has 0 radical (unpaired) electrons. The predicted octanol–water partition coefficient (Wildman–Crippen LogP) is 2.52. The van der Waals surface area contributed by atoms with Gasteiger partial charge in [0.2, 0.25) is 5.88 Å². The first-order valence-electron chi connectivity index (χ1n) is 4.46. The summed E-state index contributed by atoms with van der Waals surface area (Å²) in [7, 11) is 0. The first-order valence-corrected chi connectivity index (χ1v) is 5.25. The van der Waals surface area contributed by atoms with Gasteiger partial charge in [0.1, 0.15) is 10.8 Å². The van der Waals surface area contributed by atoms with Gasteiger partial charge in [-0.2, -0.15) is 0 Å². The average Bonchev–Trinajstić information content (AvgIpc) is 2.92. The SMILES string of the molecule is CCOc1ncnc(C2CC2)c1Br. The van der Waals surface area contributed by atoms with E-state index in [-0.39, 0.29) is 0 Å². The Hall–Kier alpha value is -0.640. The Labute approximate surface area is 85.7 Å². The van der Waals surface area contributed by atoms with Crippen molar-refractivity contribution in [2.75, 3.05) is 6.61 Å². The number of hydrogen-bond donors (Lipinski definition) is 0. The Morgan fingerprint density at radius 2 is 2.31 bits per heavy atom. The highest BCUT2D eigenvalue weighted by molar-refractivity contribution is 9.10. The molecule has 0 aromatic carbocycles. The minimum absolute atomic E-state index is 0.622. The van der Waals surface area contributed by atoms with Crippen molar-refractivity contribution in [2.24, 2.45) is 0 Å². The van der Waals surface area contributed by atoms with Crippen LogP contribution in [0.1, 0.15) is 31.4 Å². The molecular weight excluding hydrogens is 232 g/mol. The Morgan fingerprint density at radius 1 is 1.54 bits per heavy atom. The highest BCUT2D eigenvalue weighted by Crippen LogP contribution is 2.43. The average molecular weight is 243 g/mol. The third-order valence-corrected chi connectivity index (χ3v) is 2.77. The topological polar surface area (TPSA) is 35.0 Å². The smallest absolute Gasteiger partial charge is 0.231 e. The standard InChI is InChI=1S/C9H11BrN2O/c1-2-13-9-7(10)8(6-3-4-6)11-5-12-9/h5-6H,2-4H2,1H3. The normalized spacial score (nSPS) is 15.8. The van der Waals surface area contributed by atoms with E-state index in [0.29, 0.717) is 18.4 Å². The van der Waals surface area contributed by atoms with Crippen molar-refractivity contribution in [3.63, 3.8) is 0 Å². The molecular formula is C9H11BrN2O. The molecule has 0 spiro atoms. The van der Waals surface area contributed by atoms with Gasteiger partial charge < -0.3 is 4.74 Å².